The van der Waals surface area contributed by atoms with Gasteiger partial charge < -0.3 is 48.7 Å². The fourth-order valence-corrected chi connectivity index (χ4v) is 2.38. The van der Waals surface area contributed by atoms with Gasteiger partial charge in [0.05, 0.1) is 19.0 Å². The van der Waals surface area contributed by atoms with Gasteiger partial charge in [0.15, 0.2) is 5.96 Å². The van der Waals surface area contributed by atoms with Crippen LogP contribution in [0.4, 0.5) is 0 Å². The number of nitrogens with one attached hydrogen (secondary N) is 4. The predicted molar refractivity (Wildman–Crippen MR) is 118 cm³/mol. The van der Waals surface area contributed by atoms with E-state index in [9.17, 15) is 28.8 Å². The summed E-state index contributed by atoms with van der Waals surface area (Å²) in [4.78, 5) is 73.8. The first kappa shape index (κ1) is 30.0. The van der Waals surface area contributed by atoms with Crippen LogP contribution in [0.3, 0.4) is 0 Å². The number of amides is 4. The average molecular weight is 489 g/mol. The third-order valence-corrected chi connectivity index (χ3v) is 4.23. The van der Waals surface area contributed by atoms with E-state index < -0.39 is 72.7 Å². The minimum atomic E-state index is -1.36. The summed E-state index contributed by atoms with van der Waals surface area (Å²) >= 11 is 0. The van der Waals surface area contributed by atoms with E-state index in [1.54, 1.807) is 0 Å². The first-order valence-electron chi connectivity index (χ1n) is 10.2. The van der Waals surface area contributed by atoms with Crippen LogP contribution in [-0.4, -0.2) is 89.0 Å². The first-order chi connectivity index (χ1) is 15.7. The number of guanidine groups is 1. The number of carboxylic acid groups (broad SMARTS) is 2. The zero-order valence-electron chi connectivity index (χ0n) is 18.9. The van der Waals surface area contributed by atoms with Crippen LogP contribution in [0.15, 0.2) is 4.99 Å². The van der Waals surface area contributed by atoms with Gasteiger partial charge in [-0.25, -0.2) is 0 Å². The maximum Gasteiger partial charge on any atom is 0.325 e. The van der Waals surface area contributed by atoms with Crippen LogP contribution < -0.4 is 38.5 Å². The molecule has 0 aromatic carbocycles. The van der Waals surface area contributed by atoms with Gasteiger partial charge in [-0.05, 0) is 26.7 Å². The van der Waals surface area contributed by atoms with Crippen molar-refractivity contribution in [1.29, 1.82) is 0 Å². The summed E-state index contributed by atoms with van der Waals surface area (Å²) in [5, 5.41) is 26.7. The van der Waals surface area contributed by atoms with Crippen molar-refractivity contribution in [2.75, 3.05) is 13.1 Å². The number of hydrogen-bond donors (Lipinski definition) is 9. The van der Waals surface area contributed by atoms with E-state index in [2.05, 4.69) is 26.3 Å². The van der Waals surface area contributed by atoms with Crippen LogP contribution in [0, 0.1) is 0 Å². The van der Waals surface area contributed by atoms with Gasteiger partial charge in [-0.1, -0.05) is 0 Å². The molecule has 0 saturated heterocycles. The normalized spacial score (nSPS) is 13.9. The van der Waals surface area contributed by atoms with Crippen LogP contribution in [-0.2, 0) is 28.8 Å². The molecule has 16 nitrogen and oxygen atoms in total. The van der Waals surface area contributed by atoms with E-state index in [0.29, 0.717) is 0 Å². The zero-order valence-corrected chi connectivity index (χ0v) is 18.9. The molecular weight excluding hydrogens is 456 g/mol. The average Bonchev–Trinajstić information content (AvgIpc) is 2.72. The van der Waals surface area contributed by atoms with Crippen molar-refractivity contribution in [1.82, 2.24) is 21.3 Å². The molecule has 34 heavy (non-hydrogen) atoms. The van der Waals surface area contributed by atoms with Gasteiger partial charge in [-0.2, -0.15) is 0 Å². The molecule has 0 saturated carbocycles. The molecule has 4 atom stereocenters. The molecule has 0 bridgehead atoms. The summed E-state index contributed by atoms with van der Waals surface area (Å²) in [5.41, 5.74) is 15.9. The molecule has 0 fully saturated rings. The molecule has 4 amide bonds. The molecule has 0 heterocycles. The van der Waals surface area contributed by atoms with E-state index in [0.717, 1.165) is 0 Å². The highest BCUT2D eigenvalue weighted by Gasteiger charge is 2.25. The molecule has 16 heteroatoms. The molecule has 0 radical (unpaired) electrons. The van der Waals surface area contributed by atoms with Gasteiger partial charge in [0.25, 0.3) is 0 Å². The van der Waals surface area contributed by atoms with Crippen molar-refractivity contribution in [3.05, 3.63) is 0 Å². The molecule has 0 aliphatic carbocycles. The van der Waals surface area contributed by atoms with Gasteiger partial charge in [0.1, 0.15) is 18.1 Å². The number of hydrogen-bond acceptors (Lipinski definition) is 8. The molecule has 0 aromatic heterocycles. The van der Waals surface area contributed by atoms with Crippen molar-refractivity contribution >= 4 is 41.5 Å². The van der Waals surface area contributed by atoms with E-state index in [-0.39, 0.29) is 25.3 Å². The van der Waals surface area contributed by atoms with Crippen LogP contribution in [0.1, 0.15) is 33.1 Å². The highest BCUT2D eigenvalue weighted by molar-refractivity contribution is 5.94. The van der Waals surface area contributed by atoms with E-state index >= 15 is 0 Å². The number of carbonyl (C=O) groups excluding carboxylic acids is 4. The van der Waals surface area contributed by atoms with Crippen LogP contribution in [0.25, 0.3) is 0 Å². The Hall–Kier alpha value is -3.95. The quantitative estimate of drug-likeness (QED) is 0.0601. The third-order valence-electron chi connectivity index (χ3n) is 4.23. The van der Waals surface area contributed by atoms with E-state index in [1.165, 1.54) is 13.8 Å². The summed E-state index contributed by atoms with van der Waals surface area (Å²) in [6.45, 7) is 2.14. The minimum absolute atomic E-state index is 0.0720. The molecule has 0 aromatic rings. The van der Waals surface area contributed by atoms with Gasteiger partial charge in [-0.3, -0.25) is 33.8 Å². The first-order valence-corrected chi connectivity index (χ1v) is 10.2. The lowest BCUT2D eigenvalue weighted by Crippen LogP contribution is -2.54. The molecule has 192 valence electrons. The molecule has 0 aliphatic rings. The van der Waals surface area contributed by atoms with Crippen molar-refractivity contribution in [2.45, 2.75) is 57.3 Å². The second-order valence-electron chi connectivity index (χ2n) is 7.29. The van der Waals surface area contributed by atoms with Gasteiger partial charge in [0.2, 0.25) is 23.6 Å². The number of rotatable bonds is 15. The Morgan fingerprint density at radius 2 is 1.47 bits per heavy atom. The van der Waals surface area contributed by atoms with Crippen LogP contribution in [0.5, 0.6) is 0 Å². The molecular formula is C18H32N8O8. The smallest absolute Gasteiger partial charge is 0.325 e. The topological polar surface area (TPSA) is 281 Å². The molecule has 12 N–H and O–H groups in total. The Bertz CT molecular complexity index is 799. The monoisotopic (exact) mass is 488 g/mol. The second-order valence-corrected chi connectivity index (χ2v) is 7.29. The summed E-state index contributed by atoms with van der Waals surface area (Å²) in [7, 11) is 0. The summed E-state index contributed by atoms with van der Waals surface area (Å²) in [6.07, 6.45) is -0.276. The number of nitrogens with two attached hydrogens (primary N) is 3. The lowest BCUT2D eigenvalue weighted by Gasteiger charge is -2.20. The lowest BCUT2D eigenvalue weighted by molar-refractivity contribution is -0.141. The highest BCUT2D eigenvalue weighted by Crippen LogP contribution is 2.00. The lowest BCUT2D eigenvalue weighted by atomic mass is 10.1. The second kappa shape index (κ2) is 15.0. The summed E-state index contributed by atoms with van der Waals surface area (Å²) in [6, 6.07) is -4.83. The Morgan fingerprint density at radius 3 is 2.00 bits per heavy atom. The number of carboxylic acids is 2. The third kappa shape index (κ3) is 12.8. The SMILES string of the molecule is C[C@H](NC(=O)[C@H](CCCN=C(N)N)NC(=O)CNC(=O)[C@H](C)NC(=O)[C@@H](N)CC(=O)O)C(=O)O. The summed E-state index contributed by atoms with van der Waals surface area (Å²) < 4.78 is 0. The number of nitrogens with zero attached hydrogens (tertiary/aromatic N) is 1. The van der Waals surface area contributed by atoms with Crippen LogP contribution >= 0.6 is 0 Å². The van der Waals surface area contributed by atoms with Gasteiger partial charge >= 0.3 is 11.9 Å². The highest BCUT2D eigenvalue weighted by atomic mass is 16.4. The van der Waals surface area contributed by atoms with Gasteiger partial charge in [-0.15, -0.1) is 0 Å². The van der Waals surface area contributed by atoms with E-state index in [4.69, 9.17) is 27.4 Å². The predicted octanol–water partition coefficient (Wildman–Crippen LogP) is -4.46. The Kier molecular flexibility index (Phi) is 13.2. The number of carbonyl (C=O) groups is 6. The minimum Gasteiger partial charge on any atom is -0.481 e. The van der Waals surface area contributed by atoms with Crippen molar-refractivity contribution < 1.29 is 39.0 Å². The Balaban J connectivity index is 4.86. The van der Waals surface area contributed by atoms with Crippen molar-refractivity contribution in [3.63, 3.8) is 0 Å². The van der Waals surface area contributed by atoms with Crippen molar-refractivity contribution in [3.8, 4) is 0 Å². The maximum atomic E-state index is 12.4. The number of aliphatic imine (C=N–C) groups is 1. The molecule has 0 aliphatic heterocycles. The molecule has 0 unspecified atom stereocenters. The van der Waals surface area contributed by atoms with Crippen LogP contribution in [0.2, 0.25) is 0 Å². The van der Waals surface area contributed by atoms with E-state index in [1.807, 2.05) is 0 Å². The summed E-state index contributed by atoms with van der Waals surface area (Å²) in [5.74, 6) is -5.86. The molecule has 0 spiro atoms. The number of aliphatic carboxylic acids is 2. The largest absolute Gasteiger partial charge is 0.481 e. The zero-order chi connectivity index (χ0) is 26.4. The van der Waals surface area contributed by atoms with Crippen molar-refractivity contribution in [2.24, 2.45) is 22.2 Å². The fourth-order valence-electron chi connectivity index (χ4n) is 2.38. The fraction of sp³-hybridized carbons (Fsp3) is 0.611. The maximum absolute atomic E-state index is 12.4. The molecule has 0 rings (SSSR count). The standard InChI is InChI=1S/C18H32N8O8/c1-8(24-15(31)10(19)6-13(28)29)14(30)23-7-12(27)26-11(4-3-5-22-18(20)21)16(32)25-9(2)17(33)34/h8-11H,3-7,19H2,1-2H3,(H,23,30)(H,24,31)(H,25,32)(H,26,27)(H,28,29)(H,33,34)(H4,20,21,22)/t8-,9-,10-,11-/m0/s1. The Labute approximate surface area is 195 Å². The van der Waals surface area contributed by atoms with Gasteiger partial charge in [0, 0.05) is 6.54 Å². The Morgan fingerprint density at radius 1 is 0.882 bits per heavy atom.